The van der Waals surface area contributed by atoms with Gasteiger partial charge in [0.2, 0.25) is 0 Å². The van der Waals surface area contributed by atoms with Gasteiger partial charge in [0.05, 0.1) is 0 Å². The first-order valence-corrected chi connectivity index (χ1v) is 4.38. The number of hydrogen-bond acceptors (Lipinski definition) is 3. The van der Waals surface area contributed by atoms with Gasteiger partial charge in [-0.2, -0.15) is 0 Å². The zero-order valence-electron chi connectivity index (χ0n) is 8.00. The molecule has 0 radical (unpaired) electrons. The fourth-order valence-corrected chi connectivity index (χ4v) is 0.882. The van der Waals surface area contributed by atoms with Crippen LogP contribution < -0.4 is 4.74 Å². The number of aldehydes is 1. The van der Waals surface area contributed by atoms with Crippen molar-refractivity contribution >= 4 is 12.3 Å². The molecule has 0 heterocycles. The van der Waals surface area contributed by atoms with E-state index >= 15 is 0 Å². The highest BCUT2D eigenvalue weighted by Gasteiger charge is 1.97. The molecule has 15 heavy (non-hydrogen) atoms. The number of carbonyl (C=O) groups is 2. The van der Waals surface area contributed by atoms with Crippen molar-refractivity contribution < 1.29 is 14.3 Å². The predicted molar refractivity (Wildman–Crippen MR) is 56.4 cm³/mol. The van der Waals surface area contributed by atoms with Crippen LogP contribution in [0.25, 0.3) is 0 Å². The fourth-order valence-electron chi connectivity index (χ4n) is 0.882. The van der Waals surface area contributed by atoms with Crippen molar-refractivity contribution in [2.45, 2.75) is 0 Å². The van der Waals surface area contributed by atoms with Crippen molar-refractivity contribution in [3.63, 3.8) is 0 Å². The summed E-state index contributed by atoms with van der Waals surface area (Å²) in [5.74, 6) is 0.0169. The summed E-state index contributed by atoms with van der Waals surface area (Å²) in [6, 6.07) is 8.76. The predicted octanol–water partition coefficient (Wildman–Crippen LogP) is 1.90. The number of hydrogen-bond donors (Lipinski definition) is 0. The van der Waals surface area contributed by atoms with Gasteiger partial charge in [0, 0.05) is 6.08 Å². The van der Waals surface area contributed by atoms with Crippen molar-refractivity contribution in [1.82, 2.24) is 0 Å². The molecular formula is C12H10O3. The molecule has 1 aromatic carbocycles. The number of allylic oxidation sites excluding steroid dienone is 3. The zero-order valence-corrected chi connectivity index (χ0v) is 8.00. The van der Waals surface area contributed by atoms with E-state index in [0.717, 1.165) is 0 Å². The molecule has 0 saturated carbocycles. The Balaban J connectivity index is 2.46. The maximum atomic E-state index is 11.1. The highest BCUT2D eigenvalue weighted by molar-refractivity contribution is 5.84. The van der Waals surface area contributed by atoms with Gasteiger partial charge in [0.25, 0.3) is 0 Å². The smallest absolute Gasteiger partial charge is 0.336 e. The maximum Gasteiger partial charge on any atom is 0.336 e. The van der Waals surface area contributed by atoms with Crippen LogP contribution >= 0.6 is 0 Å². The standard InChI is InChI=1S/C12H10O3/c13-10-6-2-5-9-12(14)15-11-7-3-1-4-8-11/h1-10H/b6-2+,9-5+. The summed E-state index contributed by atoms with van der Waals surface area (Å²) in [6.07, 6.45) is 6.06. The average molecular weight is 202 g/mol. The Morgan fingerprint density at radius 3 is 2.47 bits per heavy atom. The SMILES string of the molecule is O=C/C=C/C=C/C(=O)Oc1ccccc1. The highest BCUT2D eigenvalue weighted by atomic mass is 16.5. The molecule has 3 heteroatoms. The lowest BCUT2D eigenvalue weighted by molar-refractivity contribution is -0.129. The van der Waals surface area contributed by atoms with Crippen LogP contribution in [0, 0.1) is 0 Å². The van der Waals surface area contributed by atoms with Gasteiger partial charge in [0.15, 0.2) is 0 Å². The third-order valence-corrected chi connectivity index (χ3v) is 1.49. The van der Waals surface area contributed by atoms with E-state index in [0.29, 0.717) is 12.0 Å². The molecule has 0 N–H and O–H groups in total. The van der Waals surface area contributed by atoms with Gasteiger partial charge in [0.1, 0.15) is 12.0 Å². The Kier molecular flexibility index (Phi) is 4.60. The Hall–Kier alpha value is -2.16. The van der Waals surface area contributed by atoms with Gasteiger partial charge in [-0.15, -0.1) is 0 Å². The van der Waals surface area contributed by atoms with Gasteiger partial charge in [-0.3, -0.25) is 4.79 Å². The first-order chi connectivity index (χ1) is 7.33. The van der Waals surface area contributed by atoms with Crippen LogP contribution in [0.2, 0.25) is 0 Å². The molecule has 0 atom stereocenters. The van der Waals surface area contributed by atoms with Crippen molar-refractivity contribution in [2.24, 2.45) is 0 Å². The van der Waals surface area contributed by atoms with Gasteiger partial charge < -0.3 is 4.74 Å². The van der Waals surface area contributed by atoms with Crippen molar-refractivity contribution in [2.75, 3.05) is 0 Å². The molecule has 0 saturated heterocycles. The fraction of sp³-hybridized carbons (Fsp3) is 0. The van der Waals surface area contributed by atoms with E-state index < -0.39 is 5.97 Å². The van der Waals surface area contributed by atoms with Crippen LogP contribution in [0.3, 0.4) is 0 Å². The first kappa shape index (κ1) is 10.9. The number of esters is 1. The first-order valence-electron chi connectivity index (χ1n) is 4.38. The molecule has 0 aliphatic rings. The minimum absolute atomic E-state index is 0.475. The summed E-state index contributed by atoms with van der Waals surface area (Å²) >= 11 is 0. The molecule has 0 spiro atoms. The van der Waals surface area contributed by atoms with E-state index in [-0.39, 0.29) is 0 Å². The number of para-hydroxylation sites is 1. The molecule has 0 unspecified atom stereocenters. The normalized spacial score (nSPS) is 10.7. The van der Waals surface area contributed by atoms with E-state index in [1.165, 1.54) is 24.3 Å². The molecule has 0 bridgehead atoms. The van der Waals surface area contributed by atoms with Gasteiger partial charge in [-0.25, -0.2) is 4.79 Å². The van der Waals surface area contributed by atoms with Crippen molar-refractivity contribution in [1.29, 1.82) is 0 Å². The zero-order chi connectivity index (χ0) is 10.9. The van der Waals surface area contributed by atoms with E-state index in [1.54, 1.807) is 24.3 Å². The maximum absolute atomic E-state index is 11.1. The van der Waals surface area contributed by atoms with Crippen molar-refractivity contribution in [3.05, 3.63) is 54.6 Å². The summed E-state index contributed by atoms with van der Waals surface area (Å²) in [5, 5.41) is 0. The summed E-state index contributed by atoms with van der Waals surface area (Å²) in [5.41, 5.74) is 0. The minimum Gasteiger partial charge on any atom is -0.423 e. The monoisotopic (exact) mass is 202 g/mol. The Bertz CT molecular complexity index is 377. The molecule has 76 valence electrons. The molecule has 1 aromatic rings. The summed E-state index contributed by atoms with van der Waals surface area (Å²) in [7, 11) is 0. The molecule has 0 aliphatic heterocycles. The topological polar surface area (TPSA) is 43.4 Å². The number of ether oxygens (including phenoxy) is 1. The summed E-state index contributed by atoms with van der Waals surface area (Å²) < 4.78 is 4.95. The van der Waals surface area contributed by atoms with E-state index in [2.05, 4.69) is 0 Å². The lowest BCUT2D eigenvalue weighted by Crippen LogP contribution is -2.02. The van der Waals surface area contributed by atoms with Gasteiger partial charge in [-0.05, 0) is 18.2 Å². The molecule has 1 rings (SSSR count). The number of rotatable bonds is 4. The van der Waals surface area contributed by atoms with Crippen LogP contribution in [-0.2, 0) is 9.59 Å². The van der Waals surface area contributed by atoms with Crippen LogP contribution in [0.5, 0.6) is 5.75 Å². The quantitative estimate of drug-likeness (QED) is 0.246. The van der Waals surface area contributed by atoms with Crippen LogP contribution in [0.4, 0.5) is 0 Å². The molecule has 0 aromatic heterocycles. The summed E-state index contributed by atoms with van der Waals surface area (Å²) in [6.45, 7) is 0. The van der Waals surface area contributed by atoms with Crippen LogP contribution in [0.1, 0.15) is 0 Å². The second-order valence-corrected chi connectivity index (χ2v) is 2.61. The van der Waals surface area contributed by atoms with E-state index in [9.17, 15) is 9.59 Å². The summed E-state index contributed by atoms with van der Waals surface area (Å²) in [4.78, 5) is 21.0. The highest BCUT2D eigenvalue weighted by Crippen LogP contribution is 2.08. The number of carbonyl (C=O) groups excluding carboxylic acids is 2. The second kappa shape index (κ2) is 6.32. The molecule has 0 amide bonds. The Morgan fingerprint density at radius 2 is 1.80 bits per heavy atom. The Labute approximate surface area is 87.7 Å². The molecule has 3 nitrogen and oxygen atoms in total. The Morgan fingerprint density at radius 1 is 1.07 bits per heavy atom. The second-order valence-electron chi connectivity index (χ2n) is 2.61. The number of benzene rings is 1. The van der Waals surface area contributed by atoms with Gasteiger partial charge >= 0.3 is 5.97 Å². The van der Waals surface area contributed by atoms with E-state index in [1.807, 2.05) is 6.07 Å². The minimum atomic E-state index is -0.475. The average Bonchev–Trinajstić information content (AvgIpc) is 2.26. The molecular weight excluding hydrogens is 192 g/mol. The lowest BCUT2D eigenvalue weighted by Gasteiger charge is -1.98. The van der Waals surface area contributed by atoms with Crippen LogP contribution in [-0.4, -0.2) is 12.3 Å². The third-order valence-electron chi connectivity index (χ3n) is 1.49. The molecule has 0 aliphatic carbocycles. The third kappa shape index (κ3) is 4.57. The van der Waals surface area contributed by atoms with E-state index in [4.69, 9.17) is 4.74 Å². The van der Waals surface area contributed by atoms with Crippen LogP contribution in [0.15, 0.2) is 54.6 Å². The molecule has 0 fully saturated rings. The van der Waals surface area contributed by atoms with Crippen molar-refractivity contribution in [3.8, 4) is 5.75 Å². The lowest BCUT2D eigenvalue weighted by atomic mass is 10.3. The van der Waals surface area contributed by atoms with Gasteiger partial charge in [-0.1, -0.05) is 30.4 Å². The largest absolute Gasteiger partial charge is 0.423 e.